The Morgan fingerprint density at radius 1 is 1.28 bits per heavy atom. The van der Waals surface area contributed by atoms with Gasteiger partial charge in [-0.05, 0) is 18.4 Å². The number of nitriles is 1. The summed E-state index contributed by atoms with van der Waals surface area (Å²) in [6, 6.07) is 10.1. The molecule has 0 aliphatic carbocycles. The number of hydrogen-bond donors (Lipinski definition) is 3. The van der Waals surface area contributed by atoms with E-state index in [4.69, 9.17) is 11.0 Å². The number of nitrogens with zero attached hydrogens (tertiary/aromatic N) is 5. The number of benzene rings is 1. The molecule has 4 N–H and O–H groups in total. The van der Waals surface area contributed by atoms with Crippen LogP contribution in [-0.4, -0.2) is 53.4 Å². The quantitative estimate of drug-likeness (QED) is 0.304. The van der Waals surface area contributed by atoms with Gasteiger partial charge in [0.05, 0.1) is 0 Å². The second kappa shape index (κ2) is 9.01. The number of likely N-dealkylation sites (tertiary alicyclic amines) is 1. The van der Waals surface area contributed by atoms with Crippen molar-refractivity contribution >= 4 is 17.7 Å². The van der Waals surface area contributed by atoms with E-state index in [1.165, 1.54) is 12.4 Å². The Balaban J connectivity index is 1.77. The van der Waals surface area contributed by atoms with Crippen molar-refractivity contribution in [3.8, 4) is 6.19 Å². The maximum atomic E-state index is 12.6. The molecule has 0 unspecified atom stereocenters. The molecule has 9 heteroatoms. The summed E-state index contributed by atoms with van der Waals surface area (Å²) in [5.74, 6) is 0.334. The van der Waals surface area contributed by atoms with Crippen LogP contribution in [0.3, 0.4) is 0 Å². The predicted molar refractivity (Wildman–Crippen MR) is 110 cm³/mol. The molecule has 0 radical (unpaired) electrons. The summed E-state index contributed by atoms with van der Waals surface area (Å²) in [6.07, 6.45) is 6.41. The summed E-state index contributed by atoms with van der Waals surface area (Å²) in [4.78, 5) is 26.8. The Labute approximate surface area is 169 Å². The molecule has 0 bridgehead atoms. The second-order valence-corrected chi connectivity index (χ2v) is 6.89. The van der Waals surface area contributed by atoms with Crippen molar-refractivity contribution in [2.24, 2.45) is 4.99 Å². The van der Waals surface area contributed by atoms with E-state index in [2.05, 4.69) is 37.7 Å². The van der Waals surface area contributed by atoms with Gasteiger partial charge in [0.25, 0.3) is 5.91 Å². The highest BCUT2D eigenvalue weighted by Gasteiger charge is 2.37. The zero-order valence-electron chi connectivity index (χ0n) is 16.3. The highest BCUT2D eigenvalue weighted by Crippen LogP contribution is 2.35. The number of hydrogen-bond acceptors (Lipinski definition) is 6. The fraction of sp³-hybridized carbons (Fsp3) is 0.350. The molecule has 1 saturated heterocycles. The first-order valence-electron chi connectivity index (χ1n) is 9.37. The minimum Gasteiger partial charge on any atom is -0.382 e. The Kier molecular flexibility index (Phi) is 6.24. The van der Waals surface area contributed by atoms with Gasteiger partial charge in [-0.15, -0.1) is 0 Å². The first kappa shape index (κ1) is 20.1. The third-order valence-corrected chi connectivity index (χ3v) is 5.31. The van der Waals surface area contributed by atoms with Crippen LogP contribution < -0.4 is 16.4 Å². The maximum absolute atomic E-state index is 12.6. The third-order valence-electron chi connectivity index (χ3n) is 5.31. The number of aliphatic imine (C=N–C) groups is 1. The Bertz CT molecular complexity index is 914. The van der Waals surface area contributed by atoms with Crippen LogP contribution in [0.1, 0.15) is 28.9 Å². The fourth-order valence-corrected chi connectivity index (χ4v) is 3.69. The lowest BCUT2D eigenvalue weighted by Gasteiger charge is -2.43. The molecule has 0 saturated carbocycles. The molecule has 1 aromatic heterocycles. The number of nitrogens with one attached hydrogen (secondary N) is 2. The van der Waals surface area contributed by atoms with Gasteiger partial charge in [0.2, 0.25) is 5.96 Å². The van der Waals surface area contributed by atoms with Gasteiger partial charge in [0, 0.05) is 44.5 Å². The monoisotopic (exact) mass is 392 g/mol. The molecular formula is C20H24N8O. The summed E-state index contributed by atoms with van der Waals surface area (Å²) in [6.45, 7) is 1.86. The van der Waals surface area contributed by atoms with Crippen molar-refractivity contribution in [1.82, 2.24) is 25.5 Å². The molecule has 3 rings (SSSR count). The van der Waals surface area contributed by atoms with Crippen LogP contribution >= 0.6 is 0 Å². The number of nitrogen functional groups attached to an aromatic ring is 1. The summed E-state index contributed by atoms with van der Waals surface area (Å²) in [5.41, 5.74) is 6.84. The Morgan fingerprint density at radius 2 is 1.97 bits per heavy atom. The van der Waals surface area contributed by atoms with E-state index in [1.807, 2.05) is 29.3 Å². The van der Waals surface area contributed by atoms with Crippen LogP contribution in [-0.2, 0) is 5.41 Å². The summed E-state index contributed by atoms with van der Waals surface area (Å²) >= 11 is 0. The molecule has 0 atom stereocenters. The predicted octanol–water partition coefficient (Wildman–Crippen LogP) is 0.879. The number of carbonyl (C=O) groups is 1. The average molecular weight is 392 g/mol. The summed E-state index contributed by atoms with van der Waals surface area (Å²) in [7, 11) is 1.66. The lowest BCUT2D eigenvalue weighted by Crippen LogP contribution is -2.52. The van der Waals surface area contributed by atoms with Crippen LogP contribution in [0.25, 0.3) is 0 Å². The van der Waals surface area contributed by atoms with Gasteiger partial charge in [-0.2, -0.15) is 5.26 Å². The largest absolute Gasteiger partial charge is 0.382 e. The van der Waals surface area contributed by atoms with E-state index in [0.29, 0.717) is 25.6 Å². The summed E-state index contributed by atoms with van der Waals surface area (Å²) < 4.78 is 0. The Morgan fingerprint density at radius 3 is 2.59 bits per heavy atom. The molecule has 1 aromatic carbocycles. The topological polar surface area (TPSA) is 132 Å². The normalized spacial score (nSPS) is 16.0. The molecule has 1 aliphatic heterocycles. The first-order chi connectivity index (χ1) is 14.1. The molecule has 2 aromatic rings. The zero-order valence-corrected chi connectivity index (χ0v) is 16.3. The number of anilines is 1. The van der Waals surface area contributed by atoms with Gasteiger partial charge in [0.1, 0.15) is 0 Å². The lowest BCUT2D eigenvalue weighted by atomic mass is 9.72. The van der Waals surface area contributed by atoms with Crippen molar-refractivity contribution in [3.05, 3.63) is 54.0 Å². The number of piperidine rings is 1. The minimum atomic E-state index is -0.338. The van der Waals surface area contributed by atoms with Crippen LogP contribution in [0.15, 0.2) is 47.7 Å². The fourth-order valence-electron chi connectivity index (χ4n) is 3.69. The van der Waals surface area contributed by atoms with Gasteiger partial charge >= 0.3 is 0 Å². The van der Waals surface area contributed by atoms with Gasteiger partial charge in [-0.25, -0.2) is 9.97 Å². The van der Waals surface area contributed by atoms with Crippen molar-refractivity contribution in [2.45, 2.75) is 18.3 Å². The standard InChI is InChI=1S/C20H24N8O/c1-23-19(27-14-21)28-11-7-20(8-12-28,15-5-3-2-4-6-15)13-26-18(29)16-17(22)25-10-9-24-16/h2-6,9-10H,7-8,11-13H2,1H3,(H2,22,25)(H,23,27)(H,26,29). The molecule has 29 heavy (non-hydrogen) atoms. The average Bonchev–Trinajstić information content (AvgIpc) is 2.77. The van der Waals surface area contributed by atoms with Crippen LogP contribution in [0.4, 0.5) is 5.82 Å². The van der Waals surface area contributed by atoms with E-state index < -0.39 is 0 Å². The maximum Gasteiger partial charge on any atom is 0.273 e. The van der Waals surface area contributed by atoms with E-state index in [0.717, 1.165) is 18.4 Å². The molecule has 1 aliphatic rings. The van der Waals surface area contributed by atoms with Gasteiger partial charge in [0.15, 0.2) is 17.7 Å². The van der Waals surface area contributed by atoms with Crippen LogP contribution in [0.5, 0.6) is 0 Å². The number of nitrogens with two attached hydrogens (primary N) is 1. The van der Waals surface area contributed by atoms with Crippen molar-refractivity contribution in [1.29, 1.82) is 5.26 Å². The first-order valence-corrected chi connectivity index (χ1v) is 9.37. The molecule has 1 amide bonds. The number of rotatable bonds is 4. The van der Waals surface area contributed by atoms with Crippen molar-refractivity contribution in [2.75, 3.05) is 32.4 Å². The van der Waals surface area contributed by atoms with Crippen molar-refractivity contribution in [3.63, 3.8) is 0 Å². The highest BCUT2D eigenvalue weighted by molar-refractivity contribution is 5.96. The van der Waals surface area contributed by atoms with Gasteiger partial charge in [-0.3, -0.25) is 15.1 Å². The highest BCUT2D eigenvalue weighted by atomic mass is 16.1. The number of carbonyl (C=O) groups excluding carboxylic acids is 1. The van der Waals surface area contributed by atoms with E-state index in [-0.39, 0.29) is 22.8 Å². The van der Waals surface area contributed by atoms with E-state index in [9.17, 15) is 4.79 Å². The minimum absolute atomic E-state index is 0.111. The number of amides is 1. The molecule has 2 heterocycles. The zero-order chi connectivity index (χ0) is 20.7. The second-order valence-electron chi connectivity index (χ2n) is 6.89. The smallest absolute Gasteiger partial charge is 0.273 e. The van der Waals surface area contributed by atoms with Crippen LogP contribution in [0, 0.1) is 11.5 Å². The molecule has 0 spiro atoms. The van der Waals surface area contributed by atoms with E-state index >= 15 is 0 Å². The van der Waals surface area contributed by atoms with Gasteiger partial charge < -0.3 is 16.0 Å². The third kappa shape index (κ3) is 4.43. The molecule has 9 nitrogen and oxygen atoms in total. The SMILES string of the molecule is CN=C(NC#N)N1CCC(CNC(=O)c2nccnc2N)(c2ccccc2)CC1. The van der Waals surface area contributed by atoms with Crippen molar-refractivity contribution < 1.29 is 4.79 Å². The molecular weight excluding hydrogens is 368 g/mol. The van der Waals surface area contributed by atoms with Gasteiger partial charge in [-0.1, -0.05) is 30.3 Å². The molecule has 150 valence electrons. The van der Waals surface area contributed by atoms with Crippen LogP contribution in [0.2, 0.25) is 0 Å². The summed E-state index contributed by atoms with van der Waals surface area (Å²) in [5, 5.41) is 14.5. The number of aromatic nitrogens is 2. The Hall–Kier alpha value is -3.67. The lowest BCUT2D eigenvalue weighted by molar-refractivity contribution is 0.0927. The molecule has 1 fully saturated rings. The van der Waals surface area contributed by atoms with E-state index in [1.54, 1.807) is 7.05 Å². The number of guanidine groups is 1.